The summed E-state index contributed by atoms with van der Waals surface area (Å²) < 4.78 is 16.3. The molecule has 0 spiro atoms. The minimum Gasteiger partial charge on any atom is -0.328 e. The van der Waals surface area contributed by atoms with E-state index in [1.807, 2.05) is 10.6 Å². The normalized spacial score (nSPS) is 14.9. The molecule has 0 aliphatic carbocycles. The second kappa shape index (κ2) is 5.22. The average Bonchev–Trinajstić information content (AvgIpc) is 2.67. The summed E-state index contributed by atoms with van der Waals surface area (Å²) in [5.41, 5.74) is 1.37. The van der Waals surface area contributed by atoms with E-state index >= 15 is 0 Å². The number of hydrogen-bond acceptors (Lipinski definition) is 1. The molecular formula is C14H19FN2S. The van der Waals surface area contributed by atoms with Crippen molar-refractivity contribution in [2.24, 2.45) is 5.92 Å². The highest BCUT2D eigenvalue weighted by Gasteiger charge is 2.15. The number of benzene rings is 1. The molecule has 98 valence electrons. The molecule has 0 bridgehead atoms. The Morgan fingerprint density at radius 1 is 1.39 bits per heavy atom. The maximum Gasteiger partial charge on any atom is 0.178 e. The van der Waals surface area contributed by atoms with Gasteiger partial charge >= 0.3 is 0 Å². The van der Waals surface area contributed by atoms with E-state index in [0.717, 1.165) is 18.4 Å². The van der Waals surface area contributed by atoms with Crippen LogP contribution in [-0.2, 0) is 0 Å². The first-order chi connectivity index (χ1) is 8.54. The molecule has 2 unspecified atom stereocenters. The molecule has 0 aliphatic heterocycles. The largest absolute Gasteiger partial charge is 0.328 e. The predicted molar refractivity (Wildman–Crippen MR) is 75.9 cm³/mol. The molecule has 2 aromatic rings. The lowest BCUT2D eigenvalue weighted by atomic mass is 10.0. The molecule has 18 heavy (non-hydrogen) atoms. The van der Waals surface area contributed by atoms with Crippen LogP contribution < -0.4 is 0 Å². The number of halogens is 1. The van der Waals surface area contributed by atoms with Crippen molar-refractivity contribution in [2.75, 3.05) is 0 Å². The Kier molecular flexibility index (Phi) is 3.85. The third-order valence-electron chi connectivity index (χ3n) is 3.58. The maximum atomic E-state index is 13.7. The molecule has 0 fully saturated rings. The maximum absolute atomic E-state index is 13.7. The van der Waals surface area contributed by atoms with E-state index in [2.05, 4.69) is 25.8 Å². The number of rotatable bonds is 4. The summed E-state index contributed by atoms with van der Waals surface area (Å²) in [4.78, 5) is 2.97. The molecule has 1 N–H and O–H groups in total. The van der Waals surface area contributed by atoms with Crippen molar-refractivity contribution in [3.63, 3.8) is 0 Å². The van der Waals surface area contributed by atoms with Crippen molar-refractivity contribution in [2.45, 2.75) is 39.7 Å². The lowest BCUT2D eigenvalue weighted by Gasteiger charge is -2.18. The first kappa shape index (κ1) is 13.3. The summed E-state index contributed by atoms with van der Waals surface area (Å²) in [6, 6.07) is 5.38. The van der Waals surface area contributed by atoms with Gasteiger partial charge in [-0.15, -0.1) is 0 Å². The van der Waals surface area contributed by atoms with Crippen LogP contribution in [0.3, 0.4) is 0 Å². The van der Waals surface area contributed by atoms with Crippen molar-refractivity contribution >= 4 is 23.3 Å². The van der Waals surface area contributed by atoms with Gasteiger partial charge in [0.1, 0.15) is 11.3 Å². The number of nitrogens with one attached hydrogen (secondary N) is 1. The number of aromatic amines is 1. The molecule has 1 aromatic heterocycles. The van der Waals surface area contributed by atoms with Gasteiger partial charge in [-0.05, 0) is 43.6 Å². The zero-order chi connectivity index (χ0) is 13.3. The lowest BCUT2D eigenvalue weighted by Crippen LogP contribution is -2.09. The van der Waals surface area contributed by atoms with Crippen LogP contribution in [0.2, 0.25) is 0 Å². The number of H-pyrrole nitrogens is 1. The molecule has 2 nitrogen and oxygen atoms in total. The van der Waals surface area contributed by atoms with Gasteiger partial charge in [0, 0.05) is 6.04 Å². The summed E-state index contributed by atoms with van der Waals surface area (Å²) >= 11 is 5.32. The zero-order valence-corrected chi connectivity index (χ0v) is 11.9. The second-order valence-electron chi connectivity index (χ2n) is 5.03. The third kappa shape index (κ3) is 2.34. The minimum atomic E-state index is -0.243. The molecule has 1 aromatic carbocycles. The molecule has 2 atom stereocenters. The van der Waals surface area contributed by atoms with E-state index in [1.165, 1.54) is 6.07 Å². The summed E-state index contributed by atoms with van der Waals surface area (Å²) in [6.45, 7) is 6.56. The van der Waals surface area contributed by atoms with Crippen molar-refractivity contribution in [3.8, 4) is 0 Å². The smallest absolute Gasteiger partial charge is 0.178 e. The highest BCUT2D eigenvalue weighted by molar-refractivity contribution is 7.71. The third-order valence-corrected chi connectivity index (χ3v) is 3.88. The van der Waals surface area contributed by atoms with Gasteiger partial charge in [-0.3, -0.25) is 0 Å². The second-order valence-corrected chi connectivity index (χ2v) is 5.42. The monoisotopic (exact) mass is 266 g/mol. The van der Waals surface area contributed by atoms with Gasteiger partial charge in [0.25, 0.3) is 0 Å². The molecular weight excluding hydrogens is 247 g/mol. The van der Waals surface area contributed by atoms with Crippen molar-refractivity contribution in [1.29, 1.82) is 0 Å². The fourth-order valence-electron chi connectivity index (χ4n) is 2.41. The molecule has 0 aliphatic rings. The van der Waals surface area contributed by atoms with E-state index in [0.29, 0.717) is 16.2 Å². The highest BCUT2D eigenvalue weighted by atomic mass is 32.1. The van der Waals surface area contributed by atoms with Crippen molar-refractivity contribution < 1.29 is 4.39 Å². The van der Waals surface area contributed by atoms with Gasteiger partial charge < -0.3 is 9.55 Å². The van der Waals surface area contributed by atoms with Crippen LogP contribution in [0.1, 0.15) is 39.7 Å². The Labute approximate surface area is 112 Å². The fraction of sp³-hybridized carbons (Fsp3) is 0.500. The Morgan fingerprint density at radius 3 is 2.78 bits per heavy atom. The SMILES string of the molecule is CCC(C)CC(C)n1c(=S)[nH]c2c(F)cccc21. The minimum absolute atomic E-state index is 0.243. The summed E-state index contributed by atoms with van der Waals surface area (Å²) in [7, 11) is 0. The van der Waals surface area contributed by atoms with Gasteiger partial charge in [0.05, 0.1) is 5.52 Å². The topological polar surface area (TPSA) is 20.7 Å². The van der Waals surface area contributed by atoms with Crippen LogP contribution in [0.15, 0.2) is 18.2 Å². The molecule has 1 heterocycles. The first-order valence-electron chi connectivity index (χ1n) is 6.43. The van der Waals surface area contributed by atoms with E-state index < -0.39 is 0 Å². The van der Waals surface area contributed by atoms with E-state index in [1.54, 1.807) is 6.07 Å². The molecule has 2 rings (SSSR count). The number of para-hydroxylation sites is 1. The number of hydrogen-bond donors (Lipinski definition) is 1. The van der Waals surface area contributed by atoms with E-state index in [4.69, 9.17) is 12.2 Å². The van der Waals surface area contributed by atoms with Gasteiger partial charge in [-0.2, -0.15) is 0 Å². The fourth-order valence-corrected chi connectivity index (χ4v) is 2.79. The quantitative estimate of drug-likeness (QED) is 0.786. The van der Waals surface area contributed by atoms with Crippen LogP contribution in [0.4, 0.5) is 4.39 Å². The van der Waals surface area contributed by atoms with Gasteiger partial charge in [-0.25, -0.2) is 4.39 Å². The van der Waals surface area contributed by atoms with Crippen LogP contribution in [0.5, 0.6) is 0 Å². The van der Waals surface area contributed by atoms with Crippen LogP contribution in [0, 0.1) is 16.5 Å². The van der Waals surface area contributed by atoms with Gasteiger partial charge in [0.15, 0.2) is 4.77 Å². The first-order valence-corrected chi connectivity index (χ1v) is 6.84. The van der Waals surface area contributed by atoms with Crippen molar-refractivity contribution in [1.82, 2.24) is 9.55 Å². The van der Waals surface area contributed by atoms with Crippen LogP contribution in [-0.4, -0.2) is 9.55 Å². The number of fused-ring (bicyclic) bond motifs is 1. The van der Waals surface area contributed by atoms with E-state index in [-0.39, 0.29) is 11.9 Å². The number of aromatic nitrogens is 2. The van der Waals surface area contributed by atoms with Gasteiger partial charge in [-0.1, -0.05) is 26.3 Å². The van der Waals surface area contributed by atoms with Gasteiger partial charge in [0.2, 0.25) is 0 Å². The predicted octanol–water partition coefficient (Wildman–Crippen LogP) is 4.84. The molecule has 0 saturated carbocycles. The Balaban J connectivity index is 2.47. The average molecular weight is 266 g/mol. The summed E-state index contributed by atoms with van der Waals surface area (Å²) in [5.74, 6) is 0.397. The molecule has 0 amide bonds. The lowest BCUT2D eigenvalue weighted by molar-refractivity contribution is 0.402. The molecule has 0 radical (unpaired) electrons. The highest BCUT2D eigenvalue weighted by Crippen LogP contribution is 2.26. The summed E-state index contributed by atoms with van der Waals surface area (Å²) in [5, 5.41) is 0. The summed E-state index contributed by atoms with van der Waals surface area (Å²) in [6.07, 6.45) is 2.20. The zero-order valence-electron chi connectivity index (χ0n) is 11.0. The molecule has 0 saturated heterocycles. The Morgan fingerprint density at radius 2 is 2.11 bits per heavy atom. The number of nitrogens with zero attached hydrogens (tertiary/aromatic N) is 1. The van der Waals surface area contributed by atoms with Crippen LogP contribution in [0.25, 0.3) is 11.0 Å². The number of imidazole rings is 1. The Hall–Kier alpha value is -1.16. The molecule has 4 heteroatoms. The standard InChI is InChI=1S/C14H19FN2S/c1-4-9(2)8-10(3)17-12-7-5-6-11(15)13(12)16-14(17)18/h5-7,9-10H,4,8H2,1-3H3,(H,16,18). The van der Waals surface area contributed by atoms with Crippen molar-refractivity contribution in [3.05, 3.63) is 28.8 Å². The Bertz CT molecular complexity index is 599. The van der Waals surface area contributed by atoms with E-state index in [9.17, 15) is 4.39 Å². The van der Waals surface area contributed by atoms with Crippen LogP contribution >= 0.6 is 12.2 Å².